The molecule has 1 atom stereocenters. The van der Waals surface area contributed by atoms with Crippen LogP contribution in [0.15, 0.2) is 60.7 Å². The molecular formula is C20H29O3P. The van der Waals surface area contributed by atoms with E-state index in [1.165, 1.54) is 0 Å². The Morgan fingerprint density at radius 3 is 2.04 bits per heavy atom. The van der Waals surface area contributed by atoms with E-state index in [2.05, 4.69) is 13.8 Å². The first-order valence-corrected chi connectivity index (χ1v) is 11.0. The number of para-hydroxylation sites is 1. The fourth-order valence-electron chi connectivity index (χ4n) is 3.01. The summed E-state index contributed by atoms with van der Waals surface area (Å²) in [6.07, 6.45) is 4.35. The Hall–Kier alpha value is -1.41. The summed E-state index contributed by atoms with van der Waals surface area (Å²) in [4.78, 5) is 22.9. The first kappa shape index (κ1) is 18.9. The second kappa shape index (κ2) is 8.11. The summed E-state index contributed by atoms with van der Waals surface area (Å²) in [5.74, 6) is 0.718. The Bertz CT molecular complexity index is 613. The number of benzene rings is 2. The average Bonchev–Trinajstić information content (AvgIpc) is 2.60. The SMILES string of the molecule is CCCCC(CC)CP(O)(O)(Oc1ccccc1)c1ccccc1. The molecule has 0 aliphatic rings. The van der Waals surface area contributed by atoms with Crippen LogP contribution >= 0.6 is 7.28 Å². The van der Waals surface area contributed by atoms with Gasteiger partial charge in [0.2, 0.25) is 0 Å². The molecule has 24 heavy (non-hydrogen) atoms. The summed E-state index contributed by atoms with van der Waals surface area (Å²) in [5.41, 5.74) is 0. The molecule has 0 aliphatic heterocycles. The van der Waals surface area contributed by atoms with Gasteiger partial charge in [-0.2, -0.15) is 0 Å². The van der Waals surface area contributed by atoms with E-state index in [0.29, 0.717) is 11.1 Å². The van der Waals surface area contributed by atoms with Crippen LogP contribution in [0.3, 0.4) is 0 Å². The molecule has 0 saturated heterocycles. The van der Waals surface area contributed by atoms with Crippen LogP contribution in [-0.4, -0.2) is 15.9 Å². The van der Waals surface area contributed by atoms with Gasteiger partial charge in [0.1, 0.15) is 0 Å². The molecule has 0 fully saturated rings. The third kappa shape index (κ3) is 4.80. The van der Waals surface area contributed by atoms with Gasteiger partial charge in [-0.05, 0) is 0 Å². The Labute approximate surface area is 145 Å². The van der Waals surface area contributed by atoms with Crippen molar-refractivity contribution >= 4 is 12.6 Å². The quantitative estimate of drug-likeness (QED) is 0.634. The van der Waals surface area contributed by atoms with Crippen molar-refractivity contribution in [3.05, 3.63) is 60.7 Å². The van der Waals surface area contributed by atoms with Crippen LogP contribution in [0, 0.1) is 5.92 Å². The molecule has 0 saturated carbocycles. The third-order valence-corrected chi connectivity index (χ3v) is 7.55. The monoisotopic (exact) mass is 348 g/mol. The van der Waals surface area contributed by atoms with Crippen molar-refractivity contribution in [3.63, 3.8) is 0 Å². The van der Waals surface area contributed by atoms with Gasteiger partial charge in [-0.1, -0.05) is 0 Å². The molecule has 0 bridgehead atoms. The molecule has 2 aromatic rings. The molecule has 0 radical (unpaired) electrons. The molecule has 1 unspecified atom stereocenters. The van der Waals surface area contributed by atoms with Crippen LogP contribution in [0.2, 0.25) is 0 Å². The number of hydrogen-bond acceptors (Lipinski definition) is 3. The second-order valence-corrected chi connectivity index (χ2v) is 9.75. The van der Waals surface area contributed by atoms with E-state index >= 15 is 0 Å². The summed E-state index contributed by atoms with van der Waals surface area (Å²) in [6.45, 7) is 4.26. The fourth-order valence-corrected chi connectivity index (χ4v) is 6.11. The van der Waals surface area contributed by atoms with Crippen molar-refractivity contribution in [3.8, 4) is 5.75 Å². The maximum atomic E-state index is 11.5. The Kier molecular flexibility index (Phi) is 6.40. The summed E-state index contributed by atoms with van der Waals surface area (Å²) in [5, 5.41) is 0.488. The number of hydrogen-bond donors (Lipinski definition) is 2. The number of rotatable bonds is 9. The van der Waals surface area contributed by atoms with Crippen LogP contribution in [0.25, 0.3) is 0 Å². The Morgan fingerprint density at radius 2 is 1.50 bits per heavy atom. The Morgan fingerprint density at radius 1 is 0.917 bits per heavy atom. The van der Waals surface area contributed by atoms with E-state index in [1.807, 2.05) is 36.4 Å². The first-order valence-electron chi connectivity index (χ1n) is 8.79. The van der Waals surface area contributed by atoms with Gasteiger partial charge >= 0.3 is 145 Å². The maximum absolute atomic E-state index is 11.5. The van der Waals surface area contributed by atoms with Gasteiger partial charge in [0.15, 0.2) is 0 Å². The third-order valence-electron chi connectivity index (χ3n) is 4.45. The van der Waals surface area contributed by atoms with Crippen molar-refractivity contribution in [2.75, 3.05) is 6.16 Å². The summed E-state index contributed by atoms with van der Waals surface area (Å²) in [6, 6.07) is 18.1. The molecule has 0 aromatic heterocycles. The van der Waals surface area contributed by atoms with E-state index < -0.39 is 7.28 Å². The van der Waals surface area contributed by atoms with E-state index in [-0.39, 0.29) is 12.1 Å². The van der Waals surface area contributed by atoms with Crippen molar-refractivity contribution in [2.45, 2.75) is 39.5 Å². The first-order chi connectivity index (χ1) is 11.5. The van der Waals surface area contributed by atoms with Crippen LogP contribution in [0.5, 0.6) is 5.75 Å². The molecule has 3 nitrogen and oxygen atoms in total. The van der Waals surface area contributed by atoms with Gasteiger partial charge in [0, 0.05) is 0 Å². The van der Waals surface area contributed by atoms with E-state index in [4.69, 9.17) is 4.52 Å². The van der Waals surface area contributed by atoms with Crippen LogP contribution in [-0.2, 0) is 0 Å². The standard InChI is InChI=1S/C20H29O3P/c1-3-5-12-18(4-2)17-24(21,22,20-15-10-7-11-16-20)23-19-13-8-6-9-14-19/h6-11,13-16,18,21-22H,3-5,12,17H2,1-2H3. The molecule has 0 spiro atoms. The van der Waals surface area contributed by atoms with E-state index in [1.54, 1.807) is 24.3 Å². The van der Waals surface area contributed by atoms with Crippen LogP contribution in [0.4, 0.5) is 0 Å². The predicted molar refractivity (Wildman–Crippen MR) is 103 cm³/mol. The predicted octanol–water partition coefficient (Wildman–Crippen LogP) is 4.89. The summed E-state index contributed by atoms with van der Waals surface area (Å²) in [7, 11) is -4.49. The molecule has 132 valence electrons. The minimum atomic E-state index is -4.49. The average molecular weight is 348 g/mol. The van der Waals surface area contributed by atoms with Crippen molar-refractivity contribution in [1.29, 1.82) is 0 Å². The molecular weight excluding hydrogens is 319 g/mol. The fraction of sp³-hybridized carbons (Fsp3) is 0.400. The van der Waals surface area contributed by atoms with Crippen molar-refractivity contribution < 1.29 is 14.3 Å². The van der Waals surface area contributed by atoms with E-state index in [0.717, 1.165) is 25.7 Å². The molecule has 2 N–H and O–H groups in total. The van der Waals surface area contributed by atoms with Gasteiger partial charge in [-0.3, -0.25) is 0 Å². The molecule has 0 amide bonds. The molecule has 0 aliphatic carbocycles. The topological polar surface area (TPSA) is 49.7 Å². The molecule has 4 heteroatoms. The second-order valence-electron chi connectivity index (χ2n) is 6.45. The normalized spacial score (nSPS) is 14.6. The van der Waals surface area contributed by atoms with Gasteiger partial charge in [-0.25, -0.2) is 0 Å². The minimum absolute atomic E-state index is 0.224. The molecule has 2 rings (SSSR count). The van der Waals surface area contributed by atoms with Crippen LogP contribution < -0.4 is 9.83 Å². The zero-order valence-electron chi connectivity index (χ0n) is 14.6. The summed E-state index contributed by atoms with van der Waals surface area (Å²) >= 11 is 0. The van der Waals surface area contributed by atoms with Crippen LogP contribution in [0.1, 0.15) is 39.5 Å². The van der Waals surface area contributed by atoms with Gasteiger partial charge in [0.25, 0.3) is 0 Å². The van der Waals surface area contributed by atoms with Gasteiger partial charge in [0.05, 0.1) is 0 Å². The van der Waals surface area contributed by atoms with Crippen molar-refractivity contribution in [1.82, 2.24) is 0 Å². The molecule has 0 heterocycles. The Balaban J connectivity index is 2.37. The molecule has 2 aromatic carbocycles. The zero-order chi connectivity index (χ0) is 17.5. The number of unbranched alkanes of at least 4 members (excludes halogenated alkanes) is 1. The summed E-state index contributed by atoms with van der Waals surface area (Å²) < 4.78 is 5.93. The van der Waals surface area contributed by atoms with Gasteiger partial charge in [-0.15, -0.1) is 0 Å². The zero-order valence-corrected chi connectivity index (χ0v) is 15.5. The van der Waals surface area contributed by atoms with Crippen molar-refractivity contribution in [2.24, 2.45) is 5.92 Å². The van der Waals surface area contributed by atoms with Gasteiger partial charge < -0.3 is 0 Å². The van der Waals surface area contributed by atoms with E-state index in [9.17, 15) is 9.79 Å².